The molecule has 100 valence electrons. The minimum Gasteiger partial charge on any atom is -0.312 e. The first-order chi connectivity index (χ1) is 8.66. The molecule has 0 amide bonds. The van der Waals surface area contributed by atoms with Crippen LogP contribution in [-0.2, 0) is 6.54 Å². The largest absolute Gasteiger partial charge is 0.312 e. The van der Waals surface area contributed by atoms with E-state index in [1.165, 1.54) is 32.1 Å². The van der Waals surface area contributed by atoms with Crippen LogP contribution in [0.4, 0.5) is 0 Å². The van der Waals surface area contributed by atoms with Gasteiger partial charge in [0.1, 0.15) is 5.82 Å². The lowest BCUT2D eigenvalue weighted by Gasteiger charge is -2.23. The Kier molecular flexibility index (Phi) is 4.53. The molecule has 4 nitrogen and oxygen atoms in total. The van der Waals surface area contributed by atoms with E-state index in [9.17, 15) is 4.79 Å². The highest BCUT2D eigenvalue weighted by atomic mass is 16.1. The number of rotatable bonds is 4. The van der Waals surface area contributed by atoms with Crippen molar-refractivity contribution < 1.29 is 0 Å². The summed E-state index contributed by atoms with van der Waals surface area (Å²) in [6.45, 7) is 5.33. The lowest BCUT2D eigenvalue weighted by atomic mass is 9.95. The highest BCUT2D eigenvalue weighted by Gasteiger charge is 2.12. The first-order valence-corrected chi connectivity index (χ1v) is 6.95. The van der Waals surface area contributed by atoms with E-state index in [1.807, 2.05) is 13.8 Å². The molecule has 0 aromatic carbocycles. The molecule has 1 saturated carbocycles. The van der Waals surface area contributed by atoms with Crippen molar-refractivity contribution in [3.05, 3.63) is 27.9 Å². The van der Waals surface area contributed by atoms with E-state index in [0.717, 1.165) is 18.1 Å². The zero-order valence-corrected chi connectivity index (χ0v) is 11.4. The molecule has 0 saturated heterocycles. The van der Waals surface area contributed by atoms with Gasteiger partial charge in [0.25, 0.3) is 5.56 Å². The molecule has 0 unspecified atom stereocenters. The fourth-order valence-corrected chi connectivity index (χ4v) is 2.72. The van der Waals surface area contributed by atoms with Crippen molar-refractivity contribution in [3.8, 4) is 0 Å². The van der Waals surface area contributed by atoms with E-state index in [1.54, 1.807) is 10.6 Å². The van der Waals surface area contributed by atoms with Crippen molar-refractivity contribution in [2.45, 2.75) is 58.5 Å². The smallest absolute Gasteiger partial charge is 0.253 e. The van der Waals surface area contributed by atoms with Gasteiger partial charge in [-0.1, -0.05) is 19.3 Å². The molecule has 18 heavy (non-hydrogen) atoms. The van der Waals surface area contributed by atoms with Gasteiger partial charge in [-0.25, -0.2) is 4.98 Å². The molecular weight excluding hydrogens is 226 g/mol. The van der Waals surface area contributed by atoms with Crippen LogP contribution in [0.25, 0.3) is 0 Å². The molecule has 0 bridgehead atoms. The van der Waals surface area contributed by atoms with Crippen LogP contribution in [0, 0.1) is 13.8 Å². The average Bonchev–Trinajstić information content (AvgIpc) is 2.34. The van der Waals surface area contributed by atoms with Crippen LogP contribution in [0.3, 0.4) is 0 Å². The molecule has 0 aliphatic heterocycles. The Bertz CT molecular complexity index is 447. The third kappa shape index (κ3) is 3.42. The summed E-state index contributed by atoms with van der Waals surface area (Å²) < 4.78 is 1.75. The van der Waals surface area contributed by atoms with Crippen molar-refractivity contribution in [3.63, 3.8) is 0 Å². The fraction of sp³-hybridized carbons (Fsp3) is 0.714. The van der Waals surface area contributed by atoms with Gasteiger partial charge in [0.2, 0.25) is 0 Å². The molecule has 1 heterocycles. The Balaban J connectivity index is 1.88. The first kappa shape index (κ1) is 13.3. The quantitative estimate of drug-likeness (QED) is 0.885. The molecule has 4 heteroatoms. The van der Waals surface area contributed by atoms with Gasteiger partial charge in [0.05, 0.1) is 0 Å². The number of hydrogen-bond acceptors (Lipinski definition) is 3. The summed E-state index contributed by atoms with van der Waals surface area (Å²) in [6.07, 6.45) is 6.60. The van der Waals surface area contributed by atoms with E-state index in [-0.39, 0.29) is 5.56 Å². The maximum Gasteiger partial charge on any atom is 0.253 e. The van der Waals surface area contributed by atoms with Gasteiger partial charge in [0, 0.05) is 30.9 Å². The van der Waals surface area contributed by atoms with E-state index in [0.29, 0.717) is 12.6 Å². The molecule has 0 spiro atoms. The van der Waals surface area contributed by atoms with E-state index in [2.05, 4.69) is 10.3 Å². The van der Waals surface area contributed by atoms with Gasteiger partial charge in [0.15, 0.2) is 0 Å². The van der Waals surface area contributed by atoms with Gasteiger partial charge in [-0.2, -0.15) is 0 Å². The number of aromatic nitrogens is 2. The van der Waals surface area contributed by atoms with E-state index < -0.39 is 0 Å². The maximum absolute atomic E-state index is 11.8. The summed E-state index contributed by atoms with van der Waals surface area (Å²) in [5.74, 6) is 0.811. The summed E-state index contributed by atoms with van der Waals surface area (Å²) in [4.78, 5) is 16.2. The Morgan fingerprint density at radius 3 is 2.72 bits per heavy atom. The lowest BCUT2D eigenvalue weighted by Crippen LogP contribution is -2.36. The summed E-state index contributed by atoms with van der Waals surface area (Å²) >= 11 is 0. The van der Waals surface area contributed by atoms with Crippen molar-refractivity contribution in [1.29, 1.82) is 0 Å². The molecule has 1 aliphatic rings. The second kappa shape index (κ2) is 6.14. The van der Waals surface area contributed by atoms with Gasteiger partial charge < -0.3 is 5.32 Å². The van der Waals surface area contributed by atoms with Gasteiger partial charge in [-0.05, 0) is 26.7 Å². The molecule has 1 N–H and O–H groups in total. The normalized spacial score (nSPS) is 17.0. The summed E-state index contributed by atoms with van der Waals surface area (Å²) in [6, 6.07) is 2.25. The van der Waals surface area contributed by atoms with Crippen LogP contribution in [0.2, 0.25) is 0 Å². The Labute approximate surface area is 108 Å². The van der Waals surface area contributed by atoms with E-state index >= 15 is 0 Å². The third-order valence-electron chi connectivity index (χ3n) is 3.70. The third-order valence-corrected chi connectivity index (χ3v) is 3.70. The molecule has 2 rings (SSSR count). The summed E-state index contributed by atoms with van der Waals surface area (Å²) in [7, 11) is 0. The van der Waals surface area contributed by atoms with E-state index in [4.69, 9.17) is 0 Å². The maximum atomic E-state index is 11.8. The molecule has 0 radical (unpaired) electrons. The molecule has 1 fully saturated rings. The molecule has 1 aromatic rings. The second-order valence-corrected chi connectivity index (χ2v) is 5.22. The number of aryl methyl sites for hydroxylation is 2. The molecule has 0 atom stereocenters. The Morgan fingerprint density at radius 2 is 2.06 bits per heavy atom. The van der Waals surface area contributed by atoms with Crippen LogP contribution in [0.1, 0.15) is 43.6 Å². The SMILES string of the molecule is Cc1cc(=O)n(CCNC2CCCCC2)c(C)n1. The monoisotopic (exact) mass is 249 g/mol. The van der Waals surface area contributed by atoms with Crippen LogP contribution >= 0.6 is 0 Å². The van der Waals surface area contributed by atoms with Gasteiger partial charge in [-0.3, -0.25) is 9.36 Å². The zero-order valence-electron chi connectivity index (χ0n) is 11.4. The highest BCUT2D eigenvalue weighted by Crippen LogP contribution is 2.16. The minimum atomic E-state index is 0.0606. The summed E-state index contributed by atoms with van der Waals surface area (Å²) in [5, 5.41) is 3.55. The van der Waals surface area contributed by atoms with Crippen LogP contribution in [0.15, 0.2) is 10.9 Å². The van der Waals surface area contributed by atoms with Crippen LogP contribution in [0.5, 0.6) is 0 Å². The summed E-state index contributed by atoms with van der Waals surface area (Å²) in [5.41, 5.74) is 0.861. The van der Waals surface area contributed by atoms with Crippen molar-refractivity contribution in [2.75, 3.05) is 6.54 Å². The predicted octanol–water partition coefficient (Wildman–Crippen LogP) is 1.78. The minimum absolute atomic E-state index is 0.0606. The lowest BCUT2D eigenvalue weighted by molar-refractivity contribution is 0.366. The molecule has 1 aliphatic carbocycles. The number of nitrogens with zero attached hydrogens (tertiary/aromatic N) is 2. The topological polar surface area (TPSA) is 46.9 Å². The predicted molar refractivity (Wildman–Crippen MR) is 72.8 cm³/mol. The zero-order chi connectivity index (χ0) is 13.0. The average molecular weight is 249 g/mol. The number of hydrogen-bond donors (Lipinski definition) is 1. The number of nitrogens with one attached hydrogen (secondary N) is 1. The van der Waals surface area contributed by atoms with Gasteiger partial charge >= 0.3 is 0 Å². The molecular formula is C14H23N3O. The standard InChI is InChI=1S/C14H23N3O/c1-11-10-14(18)17(12(2)16-11)9-8-15-13-6-4-3-5-7-13/h10,13,15H,3-9H2,1-2H3. The van der Waals surface area contributed by atoms with Crippen molar-refractivity contribution in [2.24, 2.45) is 0 Å². The second-order valence-electron chi connectivity index (χ2n) is 5.22. The van der Waals surface area contributed by atoms with Gasteiger partial charge in [-0.15, -0.1) is 0 Å². The molecule has 1 aromatic heterocycles. The Hall–Kier alpha value is -1.16. The van der Waals surface area contributed by atoms with Crippen molar-refractivity contribution in [1.82, 2.24) is 14.9 Å². The Morgan fingerprint density at radius 1 is 1.33 bits per heavy atom. The van der Waals surface area contributed by atoms with Crippen LogP contribution in [-0.4, -0.2) is 22.1 Å². The first-order valence-electron chi connectivity index (χ1n) is 6.95. The fourth-order valence-electron chi connectivity index (χ4n) is 2.72. The van der Waals surface area contributed by atoms with Crippen molar-refractivity contribution >= 4 is 0 Å². The highest BCUT2D eigenvalue weighted by molar-refractivity contribution is 5.01. The van der Waals surface area contributed by atoms with Crippen LogP contribution < -0.4 is 10.9 Å².